The molecule has 0 spiro atoms. The number of piperazine rings is 1. The van der Waals surface area contributed by atoms with E-state index in [1.54, 1.807) is 37.3 Å². The molecule has 0 bridgehead atoms. The molecule has 37 heavy (non-hydrogen) atoms. The third kappa shape index (κ3) is 5.95. The van der Waals surface area contributed by atoms with Crippen molar-refractivity contribution in [3.8, 4) is 34.3 Å². The molecule has 202 valence electrons. The van der Waals surface area contributed by atoms with Gasteiger partial charge in [0.1, 0.15) is 22.8 Å². The summed E-state index contributed by atoms with van der Waals surface area (Å²) in [6.45, 7) is 5.83. The Labute approximate surface area is 220 Å². The number of rotatable bonds is 9. The first-order valence-electron chi connectivity index (χ1n) is 13.7. The normalized spacial score (nSPS) is 17.1. The minimum atomic E-state index is -0.434. The van der Waals surface area contributed by atoms with Crippen LogP contribution in [-0.4, -0.2) is 77.8 Å². The van der Waals surface area contributed by atoms with Gasteiger partial charge < -0.3 is 24.6 Å². The fourth-order valence-electron chi connectivity index (χ4n) is 5.72. The Morgan fingerprint density at radius 2 is 1.65 bits per heavy atom. The first-order chi connectivity index (χ1) is 18.0. The molecular weight excluding hydrogens is 470 g/mol. The van der Waals surface area contributed by atoms with Crippen molar-refractivity contribution in [1.82, 2.24) is 14.8 Å². The Bertz CT molecular complexity index is 1050. The van der Waals surface area contributed by atoms with E-state index in [9.17, 15) is 15.0 Å². The molecule has 8 nitrogen and oxygen atoms in total. The number of aromatic nitrogens is 1. The number of nitrogens with zero attached hydrogens (tertiary/aromatic N) is 3. The SMILES string of the molecule is CCCCc1nc(O)c(C(=O)N2CCN(CC3CCCCC3)CC2)c(O)c1-c1c(OC)cccc1OC. The molecular formula is C29H41N3O5. The molecule has 2 heterocycles. The van der Waals surface area contributed by atoms with Gasteiger partial charge >= 0.3 is 0 Å². The molecule has 1 amide bonds. The highest BCUT2D eigenvalue weighted by Gasteiger charge is 2.32. The quantitative estimate of drug-likeness (QED) is 0.497. The number of carbonyl (C=O) groups excluding carboxylic acids is 1. The number of aryl methyl sites for hydroxylation is 1. The van der Waals surface area contributed by atoms with Gasteiger partial charge in [0.25, 0.3) is 5.91 Å². The number of hydrogen-bond donors (Lipinski definition) is 2. The summed E-state index contributed by atoms with van der Waals surface area (Å²) in [4.78, 5) is 22.2. The molecule has 4 rings (SSSR count). The Balaban J connectivity index is 1.64. The summed E-state index contributed by atoms with van der Waals surface area (Å²) in [6, 6.07) is 5.36. The van der Waals surface area contributed by atoms with Crippen LogP contribution in [0.2, 0.25) is 0 Å². The van der Waals surface area contributed by atoms with Crippen molar-refractivity contribution >= 4 is 5.91 Å². The predicted molar refractivity (Wildman–Crippen MR) is 144 cm³/mol. The van der Waals surface area contributed by atoms with Gasteiger partial charge in [0, 0.05) is 32.7 Å². The minimum Gasteiger partial charge on any atom is -0.506 e. The number of hydrogen-bond acceptors (Lipinski definition) is 7. The zero-order valence-electron chi connectivity index (χ0n) is 22.5. The van der Waals surface area contributed by atoms with Crippen LogP contribution >= 0.6 is 0 Å². The minimum absolute atomic E-state index is 0.163. The predicted octanol–water partition coefficient (Wildman–Crippen LogP) is 4.86. The van der Waals surface area contributed by atoms with Gasteiger partial charge in [-0.2, -0.15) is 0 Å². The highest BCUT2D eigenvalue weighted by atomic mass is 16.5. The second kappa shape index (κ2) is 12.5. The summed E-state index contributed by atoms with van der Waals surface area (Å²) >= 11 is 0. The van der Waals surface area contributed by atoms with Gasteiger partial charge in [-0.1, -0.05) is 38.7 Å². The van der Waals surface area contributed by atoms with E-state index in [0.29, 0.717) is 47.8 Å². The number of methoxy groups -OCH3 is 2. The molecule has 1 saturated heterocycles. The van der Waals surface area contributed by atoms with E-state index < -0.39 is 11.8 Å². The number of pyridine rings is 1. The first-order valence-corrected chi connectivity index (χ1v) is 13.7. The maximum absolute atomic E-state index is 13.6. The number of amides is 1. The van der Waals surface area contributed by atoms with E-state index >= 15 is 0 Å². The lowest BCUT2D eigenvalue weighted by atomic mass is 9.89. The maximum Gasteiger partial charge on any atom is 0.263 e. The molecule has 2 aromatic rings. The van der Waals surface area contributed by atoms with Gasteiger partial charge in [-0.05, 0) is 43.7 Å². The fourth-order valence-corrected chi connectivity index (χ4v) is 5.72. The van der Waals surface area contributed by atoms with E-state index in [1.807, 2.05) is 0 Å². The van der Waals surface area contributed by atoms with E-state index in [1.165, 1.54) is 32.1 Å². The number of ether oxygens (including phenoxy) is 2. The Morgan fingerprint density at radius 3 is 2.24 bits per heavy atom. The molecule has 2 N–H and O–H groups in total. The molecule has 1 saturated carbocycles. The fraction of sp³-hybridized carbons (Fsp3) is 0.586. The topological polar surface area (TPSA) is 95.4 Å². The molecule has 1 aliphatic heterocycles. The van der Waals surface area contributed by atoms with Gasteiger partial charge in [0.15, 0.2) is 0 Å². The van der Waals surface area contributed by atoms with Crippen molar-refractivity contribution < 1.29 is 24.5 Å². The second-order valence-corrected chi connectivity index (χ2v) is 10.2. The first kappa shape index (κ1) is 27.0. The largest absolute Gasteiger partial charge is 0.506 e. The van der Waals surface area contributed by atoms with Crippen LogP contribution < -0.4 is 9.47 Å². The Hall–Kier alpha value is -3.00. The lowest BCUT2D eigenvalue weighted by Gasteiger charge is -2.37. The smallest absolute Gasteiger partial charge is 0.263 e. The highest BCUT2D eigenvalue weighted by Crippen LogP contribution is 2.47. The third-order valence-corrected chi connectivity index (χ3v) is 7.79. The molecule has 0 atom stereocenters. The van der Waals surface area contributed by atoms with Gasteiger partial charge in [0.2, 0.25) is 5.88 Å². The average molecular weight is 512 g/mol. The number of benzene rings is 1. The summed E-state index contributed by atoms with van der Waals surface area (Å²) in [5.74, 6) is 0.621. The van der Waals surface area contributed by atoms with Crippen LogP contribution in [0.4, 0.5) is 0 Å². The van der Waals surface area contributed by atoms with Gasteiger partial charge in [-0.3, -0.25) is 9.69 Å². The zero-order chi connectivity index (χ0) is 26.4. The van der Waals surface area contributed by atoms with Crippen LogP contribution in [0, 0.1) is 5.92 Å². The lowest BCUT2D eigenvalue weighted by Crippen LogP contribution is -2.50. The van der Waals surface area contributed by atoms with E-state index in [-0.39, 0.29) is 11.3 Å². The standard InChI is InChI=1S/C29H41N3O5/c1-4-5-12-21-24(25-22(36-2)13-9-14-23(25)37-3)27(33)26(28(34)30-21)29(35)32-17-15-31(16-18-32)19-20-10-7-6-8-11-20/h9,13-14,20H,4-8,10-12,15-19H2,1-3H3,(H2,30,33,34). The van der Waals surface area contributed by atoms with Crippen molar-refractivity contribution in [3.63, 3.8) is 0 Å². The molecule has 1 aromatic carbocycles. The molecule has 1 aromatic heterocycles. The van der Waals surface area contributed by atoms with Gasteiger partial charge in [-0.25, -0.2) is 4.98 Å². The molecule has 2 fully saturated rings. The molecule has 2 aliphatic rings. The summed E-state index contributed by atoms with van der Waals surface area (Å²) in [6.07, 6.45) is 8.84. The average Bonchev–Trinajstić information content (AvgIpc) is 2.92. The van der Waals surface area contributed by atoms with Crippen molar-refractivity contribution in [1.29, 1.82) is 0 Å². The van der Waals surface area contributed by atoms with E-state index in [2.05, 4.69) is 16.8 Å². The van der Waals surface area contributed by atoms with Crippen LogP contribution in [-0.2, 0) is 6.42 Å². The molecule has 0 radical (unpaired) electrons. The maximum atomic E-state index is 13.6. The van der Waals surface area contributed by atoms with Gasteiger partial charge in [0.05, 0.1) is 31.0 Å². The summed E-state index contributed by atoms with van der Waals surface area (Å²) in [5, 5.41) is 22.4. The summed E-state index contributed by atoms with van der Waals surface area (Å²) < 4.78 is 11.2. The lowest BCUT2D eigenvalue weighted by molar-refractivity contribution is 0.0599. The highest BCUT2D eigenvalue weighted by molar-refractivity contribution is 6.02. The van der Waals surface area contributed by atoms with Crippen molar-refractivity contribution in [2.75, 3.05) is 46.9 Å². The van der Waals surface area contributed by atoms with Crippen molar-refractivity contribution in [3.05, 3.63) is 29.5 Å². The third-order valence-electron chi connectivity index (χ3n) is 7.79. The van der Waals surface area contributed by atoms with Crippen LogP contribution in [0.25, 0.3) is 11.1 Å². The van der Waals surface area contributed by atoms with Gasteiger partial charge in [-0.15, -0.1) is 0 Å². The molecule has 0 unspecified atom stereocenters. The van der Waals surface area contributed by atoms with Crippen molar-refractivity contribution in [2.45, 2.75) is 58.3 Å². The summed E-state index contributed by atoms with van der Waals surface area (Å²) in [5.41, 5.74) is 1.24. The summed E-state index contributed by atoms with van der Waals surface area (Å²) in [7, 11) is 3.10. The number of aromatic hydroxyl groups is 2. The van der Waals surface area contributed by atoms with Crippen LogP contribution in [0.3, 0.4) is 0 Å². The Kier molecular flexibility index (Phi) is 9.14. The Morgan fingerprint density at radius 1 is 1.00 bits per heavy atom. The number of carbonyl (C=O) groups is 1. The zero-order valence-corrected chi connectivity index (χ0v) is 22.5. The van der Waals surface area contributed by atoms with Crippen molar-refractivity contribution in [2.24, 2.45) is 5.92 Å². The van der Waals surface area contributed by atoms with Crippen LogP contribution in [0.15, 0.2) is 18.2 Å². The van der Waals surface area contributed by atoms with E-state index in [0.717, 1.165) is 38.4 Å². The second-order valence-electron chi connectivity index (χ2n) is 10.2. The molecule has 1 aliphatic carbocycles. The monoisotopic (exact) mass is 511 g/mol. The van der Waals surface area contributed by atoms with Crippen LogP contribution in [0.5, 0.6) is 23.1 Å². The van der Waals surface area contributed by atoms with E-state index in [4.69, 9.17) is 9.47 Å². The number of unbranched alkanes of at least 4 members (excludes halogenated alkanes) is 1. The molecule has 8 heteroatoms. The van der Waals surface area contributed by atoms with Crippen LogP contribution in [0.1, 0.15) is 67.9 Å².